The van der Waals surface area contributed by atoms with E-state index in [0.29, 0.717) is 23.2 Å². The van der Waals surface area contributed by atoms with Gasteiger partial charge in [0.05, 0.1) is 23.2 Å². The number of hydrogen-bond donors (Lipinski definition) is 0. The number of nitrogens with zero attached hydrogens (tertiary/aromatic N) is 3. The molecule has 0 N–H and O–H groups in total. The van der Waals surface area contributed by atoms with E-state index in [9.17, 15) is 18.0 Å². The second kappa shape index (κ2) is 7.96. The smallest absolute Gasteiger partial charge is 0.262 e. The molecule has 0 saturated carbocycles. The largest absolute Gasteiger partial charge is 0.333 e. The number of aromatic nitrogens is 2. The van der Waals surface area contributed by atoms with Crippen LogP contribution in [-0.2, 0) is 27.7 Å². The molecule has 0 unspecified atom stereocenters. The zero-order valence-electron chi connectivity index (χ0n) is 16.9. The van der Waals surface area contributed by atoms with E-state index in [1.807, 2.05) is 44.2 Å². The van der Waals surface area contributed by atoms with Gasteiger partial charge in [-0.25, -0.2) is 13.4 Å². The second-order valence-corrected chi connectivity index (χ2v) is 11.1. The first-order chi connectivity index (χ1) is 14.2. The topological polar surface area (TPSA) is 89.3 Å². The molecule has 30 heavy (non-hydrogen) atoms. The van der Waals surface area contributed by atoms with Crippen LogP contribution in [0.25, 0.3) is 10.2 Å². The van der Waals surface area contributed by atoms with Crippen LogP contribution in [0, 0.1) is 13.8 Å². The van der Waals surface area contributed by atoms with Crippen molar-refractivity contribution in [2.24, 2.45) is 0 Å². The van der Waals surface area contributed by atoms with Gasteiger partial charge in [-0.15, -0.1) is 11.3 Å². The van der Waals surface area contributed by atoms with Gasteiger partial charge in [0.2, 0.25) is 5.91 Å². The summed E-state index contributed by atoms with van der Waals surface area (Å²) in [6, 6.07) is 9.07. The molecule has 3 heterocycles. The number of carbonyl (C=O) groups excluding carboxylic acids is 1. The summed E-state index contributed by atoms with van der Waals surface area (Å²) in [6.07, 6.45) is 1.82. The molecule has 0 bridgehead atoms. The van der Waals surface area contributed by atoms with Gasteiger partial charge in [0.15, 0.2) is 9.84 Å². The fourth-order valence-electron chi connectivity index (χ4n) is 3.84. The van der Waals surface area contributed by atoms with Crippen molar-refractivity contribution in [2.45, 2.75) is 39.4 Å². The van der Waals surface area contributed by atoms with Crippen molar-refractivity contribution in [1.29, 1.82) is 0 Å². The SMILES string of the molecule is Cc1sc2ncn(CC(=O)N(Cc3ccccc3)[C@H]3CCS(=O)(=O)C3)c(=O)c2c1C. The summed E-state index contributed by atoms with van der Waals surface area (Å²) in [7, 11) is -3.15. The first kappa shape index (κ1) is 20.7. The molecular weight excluding hydrogens is 422 g/mol. The molecule has 1 amide bonds. The minimum atomic E-state index is -3.15. The molecule has 1 saturated heterocycles. The lowest BCUT2D eigenvalue weighted by Gasteiger charge is -2.28. The lowest BCUT2D eigenvalue weighted by molar-refractivity contribution is -0.134. The molecule has 4 rings (SSSR count). The van der Waals surface area contributed by atoms with Crippen molar-refractivity contribution in [3.63, 3.8) is 0 Å². The molecule has 158 valence electrons. The standard InChI is InChI=1S/C21H23N3O4S2/c1-14-15(2)29-20-19(14)21(26)23(13-22-20)11-18(25)24(10-16-6-4-3-5-7-16)17-8-9-30(27,28)12-17/h3-7,13,17H,8-12H2,1-2H3/t17-/m0/s1. The third kappa shape index (κ3) is 4.04. The van der Waals surface area contributed by atoms with Crippen molar-refractivity contribution in [1.82, 2.24) is 14.5 Å². The molecule has 0 spiro atoms. The Balaban J connectivity index is 1.65. The number of rotatable bonds is 5. The van der Waals surface area contributed by atoms with Crippen LogP contribution in [0.5, 0.6) is 0 Å². The van der Waals surface area contributed by atoms with E-state index in [2.05, 4.69) is 4.98 Å². The number of fused-ring (bicyclic) bond motifs is 1. The maximum Gasteiger partial charge on any atom is 0.262 e. The predicted octanol–water partition coefficient (Wildman–Crippen LogP) is 2.29. The maximum atomic E-state index is 13.2. The molecule has 9 heteroatoms. The third-order valence-electron chi connectivity index (χ3n) is 5.63. The molecule has 7 nitrogen and oxygen atoms in total. The van der Waals surface area contributed by atoms with E-state index >= 15 is 0 Å². The monoisotopic (exact) mass is 445 g/mol. The van der Waals surface area contributed by atoms with Crippen LogP contribution in [0.2, 0.25) is 0 Å². The maximum absolute atomic E-state index is 13.2. The normalized spacial score (nSPS) is 18.0. The molecular formula is C21H23N3O4S2. The van der Waals surface area contributed by atoms with E-state index < -0.39 is 9.84 Å². The predicted molar refractivity (Wildman–Crippen MR) is 117 cm³/mol. The van der Waals surface area contributed by atoms with Gasteiger partial charge in [-0.05, 0) is 31.4 Å². The fourth-order valence-corrected chi connectivity index (χ4v) is 6.56. The van der Waals surface area contributed by atoms with Crippen LogP contribution in [0.3, 0.4) is 0 Å². The quantitative estimate of drug-likeness (QED) is 0.601. The van der Waals surface area contributed by atoms with Gasteiger partial charge in [0.25, 0.3) is 5.56 Å². The lowest BCUT2D eigenvalue weighted by atomic mass is 10.1. The average molecular weight is 446 g/mol. The minimum Gasteiger partial charge on any atom is -0.333 e. The van der Waals surface area contributed by atoms with Crippen LogP contribution in [0.4, 0.5) is 0 Å². The summed E-state index contributed by atoms with van der Waals surface area (Å²) < 4.78 is 25.4. The number of sulfone groups is 1. The van der Waals surface area contributed by atoms with Crippen molar-refractivity contribution in [2.75, 3.05) is 11.5 Å². The van der Waals surface area contributed by atoms with Crippen molar-refractivity contribution in [3.8, 4) is 0 Å². The molecule has 1 aromatic carbocycles. The van der Waals surface area contributed by atoms with Gasteiger partial charge < -0.3 is 4.90 Å². The Morgan fingerprint density at radius 3 is 2.67 bits per heavy atom. The van der Waals surface area contributed by atoms with Crippen molar-refractivity contribution >= 4 is 37.3 Å². The highest BCUT2D eigenvalue weighted by Gasteiger charge is 2.34. The van der Waals surface area contributed by atoms with Gasteiger partial charge in [-0.3, -0.25) is 14.2 Å². The zero-order valence-corrected chi connectivity index (χ0v) is 18.5. The highest BCUT2D eigenvalue weighted by atomic mass is 32.2. The van der Waals surface area contributed by atoms with E-state index in [1.54, 1.807) is 4.90 Å². The molecule has 3 aromatic rings. The summed E-state index contributed by atoms with van der Waals surface area (Å²) in [4.78, 5) is 33.9. The number of amides is 1. The number of aryl methyl sites for hydroxylation is 2. The minimum absolute atomic E-state index is 0.0411. The zero-order chi connectivity index (χ0) is 21.5. The summed E-state index contributed by atoms with van der Waals surface area (Å²) in [5.41, 5.74) is 1.56. The highest BCUT2D eigenvalue weighted by Crippen LogP contribution is 2.25. The molecule has 0 radical (unpaired) electrons. The average Bonchev–Trinajstić information content (AvgIpc) is 3.21. The summed E-state index contributed by atoms with van der Waals surface area (Å²) in [5.74, 6) is -0.244. The van der Waals surface area contributed by atoms with Crippen molar-refractivity contribution in [3.05, 3.63) is 63.0 Å². The first-order valence-electron chi connectivity index (χ1n) is 9.74. The number of hydrogen-bond acceptors (Lipinski definition) is 6. The second-order valence-electron chi connectivity index (χ2n) is 7.71. The van der Waals surface area contributed by atoms with Crippen LogP contribution in [0.1, 0.15) is 22.4 Å². The Hall–Kier alpha value is -2.52. The summed E-state index contributed by atoms with van der Waals surface area (Å²) >= 11 is 1.46. The van der Waals surface area contributed by atoms with Crippen LogP contribution in [0.15, 0.2) is 41.5 Å². The van der Waals surface area contributed by atoms with E-state index in [0.717, 1.165) is 16.0 Å². The summed E-state index contributed by atoms with van der Waals surface area (Å²) in [6.45, 7) is 3.97. The highest BCUT2D eigenvalue weighted by molar-refractivity contribution is 7.91. The third-order valence-corrected chi connectivity index (χ3v) is 8.49. The number of thiophene rings is 1. The first-order valence-corrected chi connectivity index (χ1v) is 12.4. The van der Waals surface area contributed by atoms with Gasteiger partial charge >= 0.3 is 0 Å². The molecule has 1 aliphatic rings. The molecule has 2 aromatic heterocycles. The Labute approximate surface area is 178 Å². The van der Waals surface area contributed by atoms with Crippen LogP contribution < -0.4 is 5.56 Å². The molecule has 0 aliphatic carbocycles. The van der Waals surface area contributed by atoms with Gasteiger partial charge in [-0.1, -0.05) is 30.3 Å². The van der Waals surface area contributed by atoms with Crippen LogP contribution >= 0.6 is 11.3 Å². The Kier molecular flexibility index (Phi) is 5.50. The van der Waals surface area contributed by atoms with Crippen LogP contribution in [-0.4, -0.2) is 46.3 Å². The van der Waals surface area contributed by atoms with Gasteiger partial charge in [0.1, 0.15) is 11.4 Å². The van der Waals surface area contributed by atoms with Gasteiger partial charge in [-0.2, -0.15) is 0 Å². The lowest BCUT2D eigenvalue weighted by Crippen LogP contribution is -2.43. The Morgan fingerprint density at radius 1 is 1.27 bits per heavy atom. The Morgan fingerprint density at radius 2 is 2.00 bits per heavy atom. The van der Waals surface area contributed by atoms with E-state index in [-0.39, 0.29) is 35.6 Å². The van der Waals surface area contributed by atoms with Gasteiger partial charge in [0, 0.05) is 17.5 Å². The summed E-state index contributed by atoms with van der Waals surface area (Å²) in [5, 5.41) is 0.547. The molecule has 1 aliphatic heterocycles. The van der Waals surface area contributed by atoms with E-state index in [1.165, 1.54) is 22.2 Å². The van der Waals surface area contributed by atoms with E-state index in [4.69, 9.17) is 0 Å². The molecule has 1 fully saturated rings. The number of carbonyl (C=O) groups is 1. The van der Waals surface area contributed by atoms with Crippen molar-refractivity contribution < 1.29 is 13.2 Å². The number of benzene rings is 1. The fraction of sp³-hybridized carbons (Fsp3) is 0.381. The Bertz CT molecular complexity index is 1260. The molecule has 1 atom stereocenters.